The van der Waals surface area contributed by atoms with Gasteiger partial charge in [-0.15, -0.1) is 0 Å². The van der Waals surface area contributed by atoms with Crippen LogP contribution in [0.25, 0.3) is 5.57 Å². The van der Waals surface area contributed by atoms with Gasteiger partial charge in [-0.25, -0.2) is 0 Å². The lowest BCUT2D eigenvalue weighted by atomic mass is 9.93. The van der Waals surface area contributed by atoms with Crippen molar-refractivity contribution in [3.05, 3.63) is 76.9 Å². The minimum atomic E-state index is 0. The Morgan fingerprint density at radius 1 is 1.00 bits per heavy atom. The molecule has 4 heteroatoms. The Bertz CT molecular complexity index is 860. The fraction of sp³-hybridized carbons (Fsp3) is 0.348. The van der Waals surface area contributed by atoms with Crippen molar-refractivity contribution < 1.29 is 5.48 Å². The highest BCUT2D eigenvalue weighted by molar-refractivity contribution is 5.85. The van der Waals surface area contributed by atoms with Crippen molar-refractivity contribution in [1.82, 2.24) is 9.80 Å². The predicted molar refractivity (Wildman–Crippen MR) is 109 cm³/mol. The number of nitrogens with zero attached hydrogens (tertiary/aromatic N) is 3. The summed E-state index contributed by atoms with van der Waals surface area (Å²) in [5.74, 6) is 0. The maximum absolute atomic E-state index is 9.39. The number of likely N-dealkylation sites (N-methyl/N-ethyl adjacent to an activating group) is 1. The number of nitriles is 1. The number of piperazine rings is 1. The van der Waals surface area contributed by atoms with Crippen molar-refractivity contribution in [1.29, 1.82) is 5.26 Å². The molecule has 27 heavy (non-hydrogen) atoms. The van der Waals surface area contributed by atoms with Gasteiger partial charge in [0, 0.05) is 38.3 Å². The predicted octanol–water partition coefficient (Wildman–Crippen LogP) is 3.05. The van der Waals surface area contributed by atoms with Crippen LogP contribution in [0.4, 0.5) is 0 Å². The molecule has 2 aliphatic rings. The van der Waals surface area contributed by atoms with E-state index >= 15 is 0 Å². The molecule has 1 unspecified atom stereocenters. The van der Waals surface area contributed by atoms with Crippen LogP contribution >= 0.6 is 0 Å². The van der Waals surface area contributed by atoms with Crippen LogP contribution in [0.15, 0.2) is 54.6 Å². The van der Waals surface area contributed by atoms with Crippen LogP contribution in [-0.4, -0.2) is 48.0 Å². The number of benzene rings is 2. The van der Waals surface area contributed by atoms with E-state index in [2.05, 4.69) is 71.3 Å². The molecule has 0 amide bonds. The third kappa shape index (κ3) is 3.68. The maximum Gasteiger partial charge on any atom is 0.0918 e. The minimum absolute atomic E-state index is 0. The SMILES string of the molecule is CCN1CCN(C2Cc3ccccc3/C(=C\C#N)c3ccccc32)CC1.O. The molecule has 1 atom stereocenters. The molecule has 140 valence electrons. The molecule has 0 radical (unpaired) electrons. The van der Waals surface area contributed by atoms with Crippen LogP contribution in [-0.2, 0) is 6.42 Å². The smallest absolute Gasteiger partial charge is 0.0918 e. The first-order valence-corrected chi connectivity index (χ1v) is 9.55. The van der Waals surface area contributed by atoms with Gasteiger partial charge in [-0.2, -0.15) is 5.26 Å². The van der Waals surface area contributed by atoms with Crippen LogP contribution in [0.3, 0.4) is 0 Å². The average Bonchev–Trinajstić information content (AvgIpc) is 2.84. The van der Waals surface area contributed by atoms with Gasteiger partial charge >= 0.3 is 0 Å². The number of fused-ring (bicyclic) bond motifs is 2. The average molecular weight is 361 g/mol. The molecule has 0 aromatic heterocycles. The molecule has 4 rings (SSSR count). The number of hydrogen-bond acceptors (Lipinski definition) is 3. The van der Waals surface area contributed by atoms with Gasteiger partial charge in [-0.1, -0.05) is 55.5 Å². The first-order valence-electron chi connectivity index (χ1n) is 9.55. The topological polar surface area (TPSA) is 61.8 Å². The molecule has 4 nitrogen and oxygen atoms in total. The van der Waals surface area contributed by atoms with E-state index < -0.39 is 0 Å². The fourth-order valence-corrected chi connectivity index (χ4v) is 4.39. The lowest BCUT2D eigenvalue weighted by molar-refractivity contribution is 0.0989. The first-order chi connectivity index (χ1) is 12.8. The van der Waals surface area contributed by atoms with E-state index in [4.69, 9.17) is 0 Å². The fourth-order valence-electron chi connectivity index (χ4n) is 4.39. The number of allylic oxidation sites excluding steroid dienone is 1. The molecule has 1 aliphatic carbocycles. The third-order valence-corrected chi connectivity index (χ3v) is 5.83. The summed E-state index contributed by atoms with van der Waals surface area (Å²) in [6.07, 6.45) is 2.72. The van der Waals surface area contributed by atoms with E-state index in [0.29, 0.717) is 6.04 Å². The van der Waals surface area contributed by atoms with Gasteiger partial charge in [0.15, 0.2) is 0 Å². The zero-order valence-corrected chi connectivity index (χ0v) is 15.9. The van der Waals surface area contributed by atoms with E-state index in [1.807, 2.05) is 0 Å². The first kappa shape index (κ1) is 19.3. The molecule has 1 heterocycles. The summed E-state index contributed by atoms with van der Waals surface area (Å²) in [6, 6.07) is 19.9. The Morgan fingerprint density at radius 3 is 2.37 bits per heavy atom. The van der Waals surface area contributed by atoms with Crippen LogP contribution in [0, 0.1) is 11.3 Å². The molecule has 2 N–H and O–H groups in total. The number of rotatable bonds is 2. The van der Waals surface area contributed by atoms with Gasteiger partial charge in [0.1, 0.15) is 0 Å². The third-order valence-electron chi connectivity index (χ3n) is 5.83. The zero-order valence-electron chi connectivity index (χ0n) is 15.9. The Kier molecular flexibility index (Phi) is 6.08. The van der Waals surface area contributed by atoms with Crippen LogP contribution in [0.1, 0.15) is 35.2 Å². The molecular weight excluding hydrogens is 334 g/mol. The van der Waals surface area contributed by atoms with E-state index in [1.54, 1.807) is 6.08 Å². The molecule has 0 spiro atoms. The molecule has 0 saturated carbocycles. The van der Waals surface area contributed by atoms with Crippen molar-refractivity contribution >= 4 is 5.57 Å². The normalized spacial score (nSPS) is 21.5. The second kappa shape index (κ2) is 8.49. The molecule has 1 saturated heterocycles. The van der Waals surface area contributed by atoms with Gasteiger partial charge < -0.3 is 10.4 Å². The van der Waals surface area contributed by atoms with Crippen LogP contribution < -0.4 is 0 Å². The zero-order chi connectivity index (χ0) is 17.9. The van der Waals surface area contributed by atoms with E-state index in [1.165, 1.54) is 22.3 Å². The monoisotopic (exact) mass is 361 g/mol. The van der Waals surface area contributed by atoms with Gasteiger partial charge in [0.05, 0.1) is 6.07 Å². The van der Waals surface area contributed by atoms with E-state index in [9.17, 15) is 5.26 Å². The Hall–Kier alpha value is -2.45. The second-order valence-electron chi connectivity index (χ2n) is 7.12. The Balaban J connectivity index is 0.00000210. The summed E-state index contributed by atoms with van der Waals surface area (Å²) < 4.78 is 0. The molecule has 1 aliphatic heterocycles. The summed E-state index contributed by atoms with van der Waals surface area (Å²) in [5.41, 5.74) is 6.18. The van der Waals surface area contributed by atoms with Crippen molar-refractivity contribution in [2.75, 3.05) is 32.7 Å². The van der Waals surface area contributed by atoms with Crippen molar-refractivity contribution in [3.63, 3.8) is 0 Å². The van der Waals surface area contributed by atoms with E-state index in [0.717, 1.165) is 44.7 Å². The van der Waals surface area contributed by atoms with Crippen LogP contribution in [0.2, 0.25) is 0 Å². The quantitative estimate of drug-likeness (QED) is 0.773. The minimum Gasteiger partial charge on any atom is -0.412 e. The lowest BCUT2D eigenvalue weighted by Gasteiger charge is -2.39. The standard InChI is InChI=1S/C23H25N3.H2O/c1-2-25-13-15-26(16-14-25)23-17-18-7-3-4-8-19(18)21(11-12-24)20-9-5-6-10-22(20)23;/h3-11,23H,2,13-17H2,1H3;1H2/b21-11+;. The molecule has 1 fully saturated rings. The largest absolute Gasteiger partial charge is 0.412 e. The van der Waals surface area contributed by atoms with Gasteiger partial charge in [-0.05, 0) is 40.8 Å². The van der Waals surface area contributed by atoms with Crippen molar-refractivity contribution in [2.24, 2.45) is 0 Å². The highest BCUT2D eigenvalue weighted by Gasteiger charge is 2.30. The second-order valence-corrected chi connectivity index (χ2v) is 7.12. The molecule has 2 aromatic carbocycles. The summed E-state index contributed by atoms with van der Waals surface area (Å²) >= 11 is 0. The molecular formula is C23H27N3O. The molecule has 0 bridgehead atoms. The van der Waals surface area contributed by atoms with E-state index in [-0.39, 0.29) is 5.48 Å². The summed E-state index contributed by atoms with van der Waals surface area (Å²) in [7, 11) is 0. The lowest BCUT2D eigenvalue weighted by Crippen LogP contribution is -2.47. The molecule has 2 aromatic rings. The van der Waals surface area contributed by atoms with Crippen molar-refractivity contribution in [2.45, 2.75) is 19.4 Å². The van der Waals surface area contributed by atoms with Gasteiger partial charge in [0.2, 0.25) is 0 Å². The summed E-state index contributed by atoms with van der Waals surface area (Å²) in [4.78, 5) is 5.16. The Morgan fingerprint density at radius 2 is 1.67 bits per heavy atom. The summed E-state index contributed by atoms with van der Waals surface area (Å²) in [6.45, 7) is 7.85. The van der Waals surface area contributed by atoms with Crippen molar-refractivity contribution in [3.8, 4) is 6.07 Å². The number of hydrogen-bond donors (Lipinski definition) is 0. The van der Waals surface area contributed by atoms with Gasteiger partial charge in [-0.3, -0.25) is 4.90 Å². The highest BCUT2D eigenvalue weighted by atomic mass is 16.0. The highest BCUT2D eigenvalue weighted by Crippen LogP contribution is 2.40. The summed E-state index contributed by atoms with van der Waals surface area (Å²) in [5, 5.41) is 9.39. The van der Waals surface area contributed by atoms with Gasteiger partial charge in [0.25, 0.3) is 0 Å². The maximum atomic E-state index is 9.39. The Labute approximate surface area is 161 Å². The van der Waals surface area contributed by atoms with Crippen LogP contribution in [0.5, 0.6) is 0 Å².